The maximum Gasteiger partial charge on any atom is 0.307 e. The first-order chi connectivity index (χ1) is 10.1. The molecule has 2 aromatic rings. The van der Waals surface area contributed by atoms with Crippen LogP contribution in [0.5, 0.6) is 11.5 Å². The summed E-state index contributed by atoms with van der Waals surface area (Å²) in [4.78, 5) is 10.7. The number of methoxy groups -OCH3 is 1. The molecule has 0 unspecified atom stereocenters. The highest BCUT2D eigenvalue weighted by atomic mass is 16.5. The lowest BCUT2D eigenvalue weighted by molar-refractivity contribution is -0.136. The van der Waals surface area contributed by atoms with E-state index in [1.54, 1.807) is 25.3 Å². The van der Waals surface area contributed by atoms with Gasteiger partial charge in [0.05, 0.1) is 13.5 Å². The molecule has 0 spiro atoms. The molecule has 0 atom stereocenters. The van der Waals surface area contributed by atoms with Gasteiger partial charge in [0.1, 0.15) is 18.1 Å². The summed E-state index contributed by atoms with van der Waals surface area (Å²) >= 11 is 0. The van der Waals surface area contributed by atoms with Gasteiger partial charge in [-0.2, -0.15) is 0 Å². The van der Waals surface area contributed by atoms with Crippen LogP contribution in [0.1, 0.15) is 16.7 Å². The van der Waals surface area contributed by atoms with Gasteiger partial charge in [0.25, 0.3) is 0 Å². The summed E-state index contributed by atoms with van der Waals surface area (Å²) in [6, 6.07) is 13.0. The largest absolute Gasteiger partial charge is 0.496 e. The standard InChI is InChI=1S/C17H18O4/c1-12-6-7-16(20-2)14(8-12)11-21-15-5-3-4-13(9-15)10-17(18)19/h3-9H,10-11H2,1-2H3,(H,18,19). The van der Waals surface area contributed by atoms with Crippen LogP contribution in [-0.4, -0.2) is 18.2 Å². The third kappa shape index (κ3) is 4.24. The van der Waals surface area contributed by atoms with Crippen LogP contribution in [0.15, 0.2) is 42.5 Å². The van der Waals surface area contributed by atoms with Gasteiger partial charge >= 0.3 is 5.97 Å². The molecule has 0 aliphatic heterocycles. The lowest BCUT2D eigenvalue weighted by Gasteiger charge is -2.11. The van der Waals surface area contributed by atoms with Crippen LogP contribution in [0.3, 0.4) is 0 Å². The van der Waals surface area contributed by atoms with Gasteiger partial charge in [-0.25, -0.2) is 0 Å². The maximum atomic E-state index is 10.7. The van der Waals surface area contributed by atoms with Crippen LogP contribution in [-0.2, 0) is 17.8 Å². The molecule has 110 valence electrons. The average molecular weight is 286 g/mol. The molecule has 0 saturated heterocycles. The van der Waals surface area contributed by atoms with Crippen molar-refractivity contribution in [2.24, 2.45) is 0 Å². The van der Waals surface area contributed by atoms with Crippen LogP contribution >= 0.6 is 0 Å². The predicted molar refractivity (Wildman–Crippen MR) is 79.8 cm³/mol. The Kier molecular flexibility index (Phi) is 4.82. The van der Waals surface area contributed by atoms with Gasteiger partial charge in [-0.15, -0.1) is 0 Å². The lowest BCUT2D eigenvalue weighted by Crippen LogP contribution is -2.02. The van der Waals surface area contributed by atoms with Gasteiger partial charge in [-0.05, 0) is 36.8 Å². The van der Waals surface area contributed by atoms with E-state index in [1.807, 2.05) is 31.2 Å². The van der Waals surface area contributed by atoms with Crippen molar-refractivity contribution in [2.45, 2.75) is 20.0 Å². The minimum atomic E-state index is -0.854. The van der Waals surface area contributed by atoms with Gasteiger partial charge in [0, 0.05) is 5.56 Å². The highest BCUT2D eigenvalue weighted by Gasteiger charge is 2.06. The molecule has 4 nitrogen and oxygen atoms in total. The van der Waals surface area contributed by atoms with Crippen molar-refractivity contribution in [2.75, 3.05) is 7.11 Å². The minimum Gasteiger partial charge on any atom is -0.496 e. The van der Waals surface area contributed by atoms with E-state index in [1.165, 1.54) is 0 Å². The van der Waals surface area contributed by atoms with Crippen molar-refractivity contribution >= 4 is 5.97 Å². The van der Waals surface area contributed by atoms with Crippen LogP contribution < -0.4 is 9.47 Å². The van der Waals surface area contributed by atoms with Crippen LogP contribution in [0.4, 0.5) is 0 Å². The van der Waals surface area contributed by atoms with E-state index in [-0.39, 0.29) is 6.42 Å². The summed E-state index contributed by atoms with van der Waals surface area (Å²) in [6.07, 6.45) is -0.00896. The van der Waals surface area contributed by atoms with E-state index in [0.29, 0.717) is 12.4 Å². The monoisotopic (exact) mass is 286 g/mol. The molecule has 1 N–H and O–H groups in total. The molecule has 0 radical (unpaired) electrons. The van der Waals surface area contributed by atoms with Gasteiger partial charge in [0.15, 0.2) is 0 Å². The number of carbonyl (C=O) groups is 1. The number of aryl methyl sites for hydroxylation is 1. The van der Waals surface area contributed by atoms with Gasteiger partial charge < -0.3 is 14.6 Å². The maximum absolute atomic E-state index is 10.7. The number of hydrogen-bond acceptors (Lipinski definition) is 3. The highest BCUT2D eigenvalue weighted by molar-refractivity contribution is 5.70. The Bertz CT molecular complexity index is 634. The molecule has 0 bridgehead atoms. The van der Waals surface area contributed by atoms with E-state index in [2.05, 4.69) is 0 Å². The SMILES string of the molecule is COc1ccc(C)cc1COc1cccc(CC(=O)O)c1. The minimum absolute atomic E-state index is 0.00896. The molecule has 4 heteroatoms. The van der Waals surface area contributed by atoms with Crippen molar-refractivity contribution in [1.82, 2.24) is 0 Å². The van der Waals surface area contributed by atoms with E-state index >= 15 is 0 Å². The molecule has 2 rings (SSSR count). The number of benzene rings is 2. The Labute approximate surface area is 123 Å². The zero-order valence-electron chi connectivity index (χ0n) is 12.1. The zero-order valence-corrected chi connectivity index (χ0v) is 12.1. The second-order valence-corrected chi connectivity index (χ2v) is 4.82. The molecule has 0 heterocycles. The third-order valence-corrected chi connectivity index (χ3v) is 3.08. The molecule has 0 fully saturated rings. The Balaban J connectivity index is 2.09. The Hall–Kier alpha value is -2.49. The molecule has 0 amide bonds. The topological polar surface area (TPSA) is 55.8 Å². The number of carboxylic acid groups (broad SMARTS) is 1. The fourth-order valence-corrected chi connectivity index (χ4v) is 2.10. The number of hydrogen-bond donors (Lipinski definition) is 1. The molecule has 0 aliphatic carbocycles. The first-order valence-corrected chi connectivity index (χ1v) is 6.65. The molecule has 21 heavy (non-hydrogen) atoms. The van der Waals surface area contributed by atoms with E-state index in [9.17, 15) is 4.79 Å². The lowest BCUT2D eigenvalue weighted by atomic mass is 10.1. The van der Waals surface area contributed by atoms with Crippen molar-refractivity contribution < 1.29 is 19.4 Å². The summed E-state index contributed by atoms with van der Waals surface area (Å²) in [7, 11) is 1.63. The van der Waals surface area contributed by atoms with Gasteiger partial charge in [-0.1, -0.05) is 23.8 Å². The Morgan fingerprint density at radius 1 is 1.19 bits per heavy atom. The molecule has 0 aliphatic rings. The fourth-order valence-electron chi connectivity index (χ4n) is 2.10. The Morgan fingerprint density at radius 2 is 2.00 bits per heavy atom. The van der Waals surface area contributed by atoms with E-state index in [0.717, 1.165) is 22.4 Å². The molecular weight excluding hydrogens is 268 g/mol. The number of rotatable bonds is 6. The quantitative estimate of drug-likeness (QED) is 0.886. The summed E-state index contributed by atoms with van der Waals surface area (Å²) in [5, 5.41) is 8.81. The summed E-state index contributed by atoms with van der Waals surface area (Å²) < 4.78 is 11.0. The summed E-state index contributed by atoms with van der Waals surface area (Å²) in [6.45, 7) is 2.39. The summed E-state index contributed by atoms with van der Waals surface area (Å²) in [5.74, 6) is 0.576. The smallest absolute Gasteiger partial charge is 0.307 e. The molecule has 2 aromatic carbocycles. The number of aliphatic carboxylic acids is 1. The van der Waals surface area contributed by atoms with E-state index in [4.69, 9.17) is 14.6 Å². The first-order valence-electron chi connectivity index (χ1n) is 6.65. The van der Waals surface area contributed by atoms with Crippen molar-refractivity contribution in [3.05, 3.63) is 59.2 Å². The zero-order chi connectivity index (χ0) is 15.2. The van der Waals surface area contributed by atoms with Gasteiger partial charge in [-0.3, -0.25) is 4.79 Å². The molecular formula is C17H18O4. The second kappa shape index (κ2) is 6.79. The molecule has 0 aromatic heterocycles. The number of carboxylic acids is 1. The third-order valence-electron chi connectivity index (χ3n) is 3.08. The van der Waals surface area contributed by atoms with Crippen LogP contribution in [0.25, 0.3) is 0 Å². The fraction of sp³-hybridized carbons (Fsp3) is 0.235. The van der Waals surface area contributed by atoms with Crippen LogP contribution in [0.2, 0.25) is 0 Å². The second-order valence-electron chi connectivity index (χ2n) is 4.82. The normalized spacial score (nSPS) is 10.2. The van der Waals surface area contributed by atoms with E-state index < -0.39 is 5.97 Å². The molecule has 0 saturated carbocycles. The van der Waals surface area contributed by atoms with Crippen LogP contribution in [0, 0.1) is 6.92 Å². The number of ether oxygens (including phenoxy) is 2. The first kappa shape index (κ1) is 14.9. The Morgan fingerprint density at radius 3 is 2.71 bits per heavy atom. The van der Waals surface area contributed by atoms with Gasteiger partial charge in [0.2, 0.25) is 0 Å². The summed E-state index contributed by atoms with van der Waals surface area (Å²) in [5.41, 5.74) is 2.81. The van der Waals surface area contributed by atoms with Crippen molar-refractivity contribution in [3.63, 3.8) is 0 Å². The predicted octanol–water partition coefficient (Wildman–Crippen LogP) is 3.21. The average Bonchev–Trinajstić information content (AvgIpc) is 2.45. The van der Waals surface area contributed by atoms with Crippen molar-refractivity contribution in [1.29, 1.82) is 0 Å². The highest BCUT2D eigenvalue weighted by Crippen LogP contribution is 2.22. The van der Waals surface area contributed by atoms with Crippen molar-refractivity contribution in [3.8, 4) is 11.5 Å².